The first kappa shape index (κ1) is 14.1. The Morgan fingerprint density at radius 1 is 1.42 bits per heavy atom. The predicted molar refractivity (Wildman–Crippen MR) is 78.1 cm³/mol. The van der Waals surface area contributed by atoms with Crippen LogP contribution in [0.15, 0.2) is 30.3 Å². The first-order valence-electron chi connectivity index (χ1n) is 7.28. The molecule has 0 aromatic heterocycles. The van der Waals surface area contributed by atoms with Crippen molar-refractivity contribution < 1.29 is 4.79 Å². The second kappa shape index (κ2) is 6.71. The number of benzene rings is 1. The molecule has 3 nitrogen and oxygen atoms in total. The Morgan fingerprint density at radius 3 is 2.74 bits per heavy atom. The molecule has 1 aromatic carbocycles. The summed E-state index contributed by atoms with van der Waals surface area (Å²) in [5.74, 6) is 0.498. The molecule has 1 aliphatic rings. The number of carbonyl (C=O) groups is 1. The van der Waals surface area contributed by atoms with Crippen LogP contribution in [0.3, 0.4) is 0 Å². The van der Waals surface area contributed by atoms with Crippen LogP contribution in [0.25, 0.3) is 0 Å². The van der Waals surface area contributed by atoms with Gasteiger partial charge in [0.05, 0.1) is 5.92 Å². The lowest BCUT2D eigenvalue weighted by Gasteiger charge is -2.24. The van der Waals surface area contributed by atoms with Crippen LogP contribution in [0.4, 0.5) is 0 Å². The molecular formula is C16H24N2O. The molecule has 2 N–H and O–H groups in total. The lowest BCUT2D eigenvalue weighted by Crippen LogP contribution is -2.40. The van der Waals surface area contributed by atoms with Gasteiger partial charge in [0.2, 0.25) is 5.91 Å². The molecule has 1 heterocycles. The van der Waals surface area contributed by atoms with Crippen molar-refractivity contribution in [1.82, 2.24) is 10.6 Å². The fraction of sp³-hybridized carbons (Fsp3) is 0.562. The smallest absolute Gasteiger partial charge is 0.228 e. The summed E-state index contributed by atoms with van der Waals surface area (Å²) in [7, 11) is 0. The molecule has 1 aromatic rings. The average molecular weight is 260 g/mol. The minimum Gasteiger partial charge on any atom is -0.352 e. The monoisotopic (exact) mass is 260 g/mol. The van der Waals surface area contributed by atoms with E-state index in [4.69, 9.17) is 0 Å². The van der Waals surface area contributed by atoms with E-state index in [2.05, 4.69) is 36.6 Å². The van der Waals surface area contributed by atoms with Gasteiger partial charge in [-0.3, -0.25) is 4.79 Å². The highest BCUT2D eigenvalue weighted by Gasteiger charge is 2.28. The van der Waals surface area contributed by atoms with E-state index in [0.29, 0.717) is 12.0 Å². The third-order valence-corrected chi connectivity index (χ3v) is 4.06. The summed E-state index contributed by atoms with van der Waals surface area (Å²) in [5.41, 5.74) is 1.13. The molecule has 0 saturated carbocycles. The van der Waals surface area contributed by atoms with Crippen LogP contribution in [-0.4, -0.2) is 25.0 Å². The van der Waals surface area contributed by atoms with E-state index in [0.717, 1.165) is 31.5 Å². The Morgan fingerprint density at radius 2 is 2.16 bits per heavy atom. The minimum atomic E-state index is -0.0354. The highest BCUT2D eigenvalue weighted by atomic mass is 16.2. The van der Waals surface area contributed by atoms with Gasteiger partial charge in [0, 0.05) is 12.6 Å². The van der Waals surface area contributed by atoms with Gasteiger partial charge < -0.3 is 10.6 Å². The summed E-state index contributed by atoms with van der Waals surface area (Å²) in [6, 6.07) is 10.4. The Balaban J connectivity index is 2.10. The molecule has 1 fully saturated rings. The van der Waals surface area contributed by atoms with E-state index in [9.17, 15) is 4.79 Å². The van der Waals surface area contributed by atoms with Crippen LogP contribution in [0.2, 0.25) is 0 Å². The molecule has 2 rings (SSSR count). The second-order valence-corrected chi connectivity index (χ2v) is 5.47. The Kier molecular flexibility index (Phi) is 4.97. The van der Waals surface area contributed by atoms with Gasteiger partial charge >= 0.3 is 0 Å². The largest absolute Gasteiger partial charge is 0.352 e. The van der Waals surface area contributed by atoms with E-state index < -0.39 is 0 Å². The van der Waals surface area contributed by atoms with Gasteiger partial charge in [-0.05, 0) is 24.4 Å². The Labute approximate surface area is 115 Å². The highest BCUT2D eigenvalue weighted by Crippen LogP contribution is 2.27. The normalized spacial score (nSPS) is 21.9. The number of hydrogen-bond acceptors (Lipinski definition) is 2. The quantitative estimate of drug-likeness (QED) is 0.853. The van der Waals surface area contributed by atoms with E-state index in [1.807, 2.05) is 18.2 Å². The molecule has 1 amide bonds. The van der Waals surface area contributed by atoms with Gasteiger partial charge in [0.1, 0.15) is 0 Å². The molecule has 3 unspecified atom stereocenters. The maximum Gasteiger partial charge on any atom is 0.228 e. The summed E-state index contributed by atoms with van der Waals surface area (Å²) >= 11 is 0. The van der Waals surface area contributed by atoms with Crippen LogP contribution in [0.5, 0.6) is 0 Å². The topological polar surface area (TPSA) is 41.1 Å². The summed E-state index contributed by atoms with van der Waals surface area (Å²) < 4.78 is 0. The third kappa shape index (κ3) is 3.57. The van der Waals surface area contributed by atoms with Crippen molar-refractivity contribution in [2.75, 3.05) is 13.1 Å². The number of nitrogens with one attached hydrogen (secondary N) is 2. The van der Waals surface area contributed by atoms with Gasteiger partial charge in [0.25, 0.3) is 0 Å². The summed E-state index contributed by atoms with van der Waals surface area (Å²) in [6.45, 7) is 6.20. The number of amides is 1. The molecule has 0 spiro atoms. The molecule has 0 bridgehead atoms. The molecule has 3 heteroatoms. The molecule has 104 valence electrons. The molecule has 0 radical (unpaired) electrons. The van der Waals surface area contributed by atoms with Crippen molar-refractivity contribution in [3.05, 3.63) is 35.9 Å². The fourth-order valence-corrected chi connectivity index (χ4v) is 2.70. The lowest BCUT2D eigenvalue weighted by molar-refractivity contribution is -0.124. The van der Waals surface area contributed by atoms with Gasteiger partial charge in [-0.15, -0.1) is 0 Å². The zero-order valence-electron chi connectivity index (χ0n) is 11.9. The van der Waals surface area contributed by atoms with Gasteiger partial charge in [-0.1, -0.05) is 50.6 Å². The summed E-state index contributed by atoms with van der Waals surface area (Å²) in [4.78, 5) is 12.6. The second-order valence-electron chi connectivity index (χ2n) is 5.47. The molecule has 1 aliphatic heterocycles. The maximum atomic E-state index is 12.6. The molecule has 1 saturated heterocycles. The fourth-order valence-electron chi connectivity index (χ4n) is 2.70. The van der Waals surface area contributed by atoms with Crippen LogP contribution >= 0.6 is 0 Å². The molecule has 19 heavy (non-hydrogen) atoms. The highest BCUT2D eigenvalue weighted by molar-refractivity contribution is 5.84. The van der Waals surface area contributed by atoms with Crippen LogP contribution < -0.4 is 10.6 Å². The van der Waals surface area contributed by atoms with E-state index in [1.54, 1.807) is 0 Å². The molecule has 3 atom stereocenters. The maximum absolute atomic E-state index is 12.6. The first-order chi connectivity index (χ1) is 9.22. The van der Waals surface area contributed by atoms with Crippen molar-refractivity contribution in [1.29, 1.82) is 0 Å². The number of rotatable bonds is 5. The third-order valence-electron chi connectivity index (χ3n) is 4.06. The van der Waals surface area contributed by atoms with E-state index >= 15 is 0 Å². The van der Waals surface area contributed by atoms with Crippen LogP contribution in [0, 0.1) is 5.92 Å². The van der Waals surface area contributed by atoms with Gasteiger partial charge in [-0.2, -0.15) is 0 Å². The van der Waals surface area contributed by atoms with Crippen LogP contribution in [0.1, 0.15) is 38.2 Å². The summed E-state index contributed by atoms with van der Waals surface area (Å²) in [6.07, 6.45) is 2.05. The first-order valence-corrected chi connectivity index (χ1v) is 7.28. The van der Waals surface area contributed by atoms with Gasteiger partial charge in [-0.25, -0.2) is 0 Å². The zero-order valence-corrected chi connectivity index (χ0v) is 11.9. The van der Waals surface area contributed by atoms with E-state index in [1.165, 1.54) is 0 Å². The van der Waals surface area contributed by atoms with Crippen molar-refractivity contribution in [3.63, 3.8) is 0 Å². The van der Waals surface area contributed by atoms with Crippen molar-refractivity contribution in [2.45, 2.75) is 38.6 Å². The van der Waals surface area contributed by atoms with Crippen molar-refractivity contribution >= 4 is 5.91 Å². The average Bonchev–Trinajstić information content (AvgIpc) is 2.93. The Bertz CT molecular complexity index is 398. The predicted octanol–water partition coefficient (Wildman–Crippen LogP) is 2.29. The van der Waals surface area contributed by atoms with Crippen molar-refractivity contribution in [3.8, 4) is 0 Å². The number of hydrogen-bond donors (Lipinski definition) is 2. The standard InChI is InChI=1S/C16H24N2O/c1-3-12(2)15(13-7-5-4-6-8-13)16(19)18-14-9-10-17-11-14/h4-8,12,14-15,17H,3,9-11H2,1-2H3,(H,18,19). The Hall–Kier alpha value is -1.35. The van der Waals surface area contributed by atoms with Crippen molar-refractivity contribution in [2.24, 2.45) is 5.92 Å². The number of carbonyl (C=O) groups excluding carboxylic acids is 1. The van der Waals surface area contributed by atoms with E-state index in [-0.39, 0.29) is 11.8 Å². The summed E-state index contributed by atoms with van der Waals surface area (Å²) in [5, 5.41) is 6.48. The minimum absolute atomic E-state index is 0.0354. The van der Waals surface area contributed by atoms with Gasteiger partial charge in [0.15, 0.2) is 0 Å². The zero-order chi connectivity index (χ0) is 13.7. The van der Waals surface area contributed by atoms with Crippen LogP contribution in [-0.2, 0) is 4.79 Å². The molecule has 0 aliphatic carbocycles. The molecular weight excluding hydrogens is 236 g/mol. The SMILES string of the molecule is CCC(C)C(C(=O)NC1CCNC1)c1ccccc1. The lowest BCUT2D eigenvalue weighted by atomic mass is 9.84.